The minimum absolute atomic E-state index is 0.0470. The Morgan fingerprint density at radius 3 is 2.25 bits per heavy atom. The zero-order valence-corrected chi connectivity index (χ0v) is 12.8. The zero-order chi connectivity index (χ0) is 14.6. The van der Waals surface area contributed by atoms with Crippen molar-refractivity contribution >= 4 is 15.7 Å². The maximum atomic E-state index is 11.9. The van der Waals surface area contributed by atoms with Crippen LogP contribution in [0.25, 0.3) is 0 Å². The third-order valence-electron chi connectivity index (χ3n) is 4.59. The first kappa shape index (κ1) is 15.8. The molecule has 3 N–H and O–H groups in total. The summed E-state index contributed by atoms with van der Waals surface area (Å²) in [5.41, 5.74) is 5.87. The molecule has 2 fully saturated rings. The number of rotatable bonds is 4. The van der Waals surface area contributed by atoms with Gasteiger partial charge in [0.2, 0.25) is 5.91 Å². The lowest BCUT2D eigenvalue weighted by Gasteiger charge is -2.26. The SMILES string of the molecule is NC1CCC(CCC(=O)NC2CCS(=O)(=O)CC2)CC1. The average molecular weight is 302 g/mol. The van der Waals surface area contributed by atoms with E-state index in [0.717, 1.165) is 32.1 Å². The predicted octanol–water partition coefficient (Wildman–Crippen LogP) is 0.977. The highest BCUT2D eigenvalue weighted by Gasteiger charge is 2.25. The van der Waals surface area contributed by atoms with Crippen molar-refractivity contribution in [1.29, 1.82) is 0 Å². The highest BCUT2D eigenvalue weighted by Crippen LogP contribution is 2.26. The van der Waals surface area contributed by atoms with E-state index < -0.39 is 9.84 Å². The Balaban J connectivity index is 1.63. The number of nitrogens with two attached hydrogens (primary N) is 1. The number of hydrogen-bond donors (Lipinski definition) is 2. The fraction of sp³-hybridized carbons (Fsp3) is 0.929. The van der Waals surface area contributed by atoms with Crippen LogP contribution < -0.4 is 11.1 Å². The first-order valence-electron chi connectivity index (χ1n) is 7.70. The van der Waals surface area contributed by atoms with Crippen molar-refractivity contribution in [2.24, 2.45) is 11.7 Å². The molecule has 2 aliphatic rings. The molecular weight excluding hydrogens is 276 g/mol. The number of hydrogen-bond acceptors (Lipinski definition) is 4. The molecule has 5 nitrogen and oxygen atoms in total. The van der Waals surface area contributed by atoms with Gasteiger partial charge in [-0.3, -0.25) is 4.79 Å². The number of carbonyl (C=O) groups excluding carboxylic acids is 1. The predicted molar refractivity (Wildman–Crippen MR) is 79.0 cm³/mol. The van der Waals surface area contributed by atoms with Crippen LogP contribution in [0.1, 0.15) is 51.4 Å². The zero-order valence-electron chi connectivity index (χ0n) is 12.0. The van der Waals surface area contributed by atoms with Gasteiger partial charge in [-0.1, -0.05) is 0 Å². The van der Waals surface area contributed by atoms with Crippen LogP contribution in [-0.4, -0.2) is 37.9 Å². The molecule has 0 spiro atoms. The number of amides is 1. The average Bonchev–Trinajstić information content (AvgIpc) is 2.41. The van der Waals surface area contributed by atoms with Crippen molar-refractivity contribution in [3.05, 3.63) is 0 Å². The summed E-state index contributed by atoms with van der Waals surface area (Å²) in [4.78, 5) is 11.9. The summed E-state index contributed by atoms with van der Waals surface area (Å²) in [5, 5.41) is 2.98. The van der Waals surface area contributed by atoms with Gasteiger partial charge in [-0.15, -0.1) is 0 Å². The molecule has 0 radical (unpaired) electrons. The van der Waals surface area contributed by atoms with Crippen LogP contribution in [0.4, 0.5) is 0 Å². The van der Waals surface area contributed by atoms with Crippen molar-refractivity contribution in [3.8, 4) is 0 Å². The minimum Gasteiger partial charge on any atom is -0.353 e. The lowest BCUT2D eigenvalue weighted by molar-refractivity contribution is -0.122. The van der Waals surface area contributed by atoms with E-state index in [-0.39, 0.29) is 23.5 Å². The van der Waals surface area contributed by atoms with Gasteiger partial charge in [-0.05, 0) is 50.9 Å². The van der Waals surface area contributed by atoms with E-state index >= 15 is 0 Å². The number of carbonyl (C=O) groups is 1. The monoisotopic (exact) mass is 302 g/mol. The maximum absolute atomic E-state index is 11.9. The molecule has 1 saturated carbocycles. The summed E-state index contributed by atoms with van der Waals surface area (Å²) in [6.07, 6.45) is 7.04. The van der Waals surface area contributed by atoms with Gasteiger partial charge >= 0.3 is 0 Å². The molecule has 0 aromatic heterocycles. The number of sulfone groups is 1. The molecule has 1 amide bonds. The summed E-state index contributed by atoms with van der Waals surface area (Å²) >= 11 is 0. The van der Waals surface area contributed by atoms with Crippen molar-refractivity contribution < 1.29 is 13.2 Å². The first-order chi connectivity index (χ1) is 9.44. The Morgan fingerprint density at radius 1 is 1.05 bits per heavy atom. The molecule has 1 heterocycles. The van der Waals surface area contributed by atoms with Crippen molar-refractivity contribution in [2.45, 2.75) is 63.5 Å². The Kier molecular flexibility index (Phi) is 5.43. The van der Waals surface area contributed by atoms with Crippen LogP contribution in [0.2, 0.25) is 0 Å². The molecule has 0 aromatic rings. The largest absolute Gasteiger partial charge is 0.353 e. The highest BCUT2D eigenvalue weighted by atomic mass is 32.2. The van der Waals surface area contributed by atoms with Gasteiger partial charge in [0.05, 0.1) is 11.5 Å². The molecule has 0 bridgehead atoms. The van der Waals surface area contributed by atoms with E-state index in [1.54, 1.807) is 0 Å². The quantitative estimate of drug-likeness (QED) is 0.810. The van der Waals surface area contributed by atoms with Gasteiger partial charge in [0.1, 0.15) is 9.84 Å². The van der Waals surface area contributed by atoms with Gasteiger partial charge in [-0.25, -0.2) is 8.42 Å². The second-order valence-electron chi connectivity index (χ2n) is 6.31. The fourth-order valence-electron chi connectivity index (χ4n) is 3.15. The van der Waals surface area contributed by atoms with E-state index in [4.69, 9.17) is 5.73 Å². The molecule has 0 unspecified atom stereocenters. The smallest absolute Gasteiger partial charge is 0.220 e. The van der Waals surface area contributed by atoms with E-state index in [1.165, 1.54) is 0 Å². The van der Waals surface area contributed by atoms with Crippen LogP contribution in [0.3, 0.4) is 0 Å². The standard InChI is InChI=1S/C14H26N2O3S/c15-12-4-1-11(2-5-12)3-6-14(17)16-13-7-9-20(18,19)10-8-13/h11-13H,1-10,15H2,(H,16,17). The third-order valence-corrected chi connectivity index (χ3v) is 6.31. The van der Waals surface area contributed by atoms with E-state index in [0.29, 0.717) is 31.2 Å². The van der Waals surface area contributed by atoms with Gasteiger partial charge in [0.25, 0.3) is 0 Å². The van der Waals surface area contributed by atoms with E-state index in [1.807, 2.05) is 0 Å². The second-order valence-corrected chi connectivity index (χ2v) is 8.62. The third kappa shape index (κ3) is 5.05. The molecule has 1 aliphatic carbocycles. The van der Waals surface area contributed by atoms with Crippen molar-refractivity contribution in [1.82, 2.24) is 5.32 Å². The molecule has 1 aliphatic heterocycles. The molecule has 6 heteroatoms. The fourth-order valence-corrected chi connectivity index (χ4v) is 4.64. The molecule has 0 atom stereocenters. The van der Waals surface area contributed by atoms with Crippen molar-refractivity contribution in [3.63, 3.8) is 0 Å². The van der Waals surface area contributed by atoms with Crippen LogP contribution in [-0.2, 0) is 14.6 Å². The second kappa shape index (κ2) is 6.89. The summed E-state index contributed by atoms with van der Waals surface area (Å²) < 4.78 is 22.6. The van der Waals surface area contributed by atoms with E-state index in [2.05, 4.69) is 5.32 Å². The number of nitrogens with one attached hydrogen (secondary N) is 1. The topological polar surface area (TPSA) is 89.3 Å². The summed E-state index contributed by atoms with van der Waals surface area (Å²) in [6.45, 7) is 0. The summed E-state index contributed by atoms with van der Waals surface area (Å²) in [5.74, 6) is 1.12. The lowest BCUT2D eigenvalue weighted by atomic mass is 9.84. The first-order valence-corrected chi connectivity index (χ1v) is 9.52. The van der Waals surface area contributed by atoms with Crippen LogP contribution in [0.5, 0.6) is 0 Å². The molecule has 2 rings (SSSR count). The summed E-state index contributed by atoms with van der Waals surface area (Å²) in [7, 11) is -2.85. The van der Waals surface area contributed by atoms with Gasteiger partial charge in [-0.2, -0.15) is 0 Å². The van der Waals surface area contributed by atoms with Crippen LogP contribution in [0.15, 0.2) is 0 Å². The summed E-state index contributed by atoms with van der Waals surface area (Å²) in [6, 6.07) is 0.398. The lowest BCUT2D eigenvalue weighted by Crippen LogP contribution is -2.41. The molecule has 20 heavy (non-hydrogen) atoms. The van der Waals surface area contributed by atoms with Gasteiger partial charge in [0, 0.05) is 18.5 Å². The minimum atomic E-state index is -2.85. The molecule has 1 saturated heterocycles. The molecule has 116 valence electrons. The van der Waals surface area contributed by atoms with Crippen LogP contribution >= 0.6 is 0 Å². The Bertz CT molecular complexity index is 414. The van der Waals surface area contributed by atoms with Crippen molar-refractivity contribution in [2.75, 3.05) is 11.5 Å². The molecule has 0 aromatic carbocycles. The highest BCUT2D eigenvalue weighted by molar-refractivity contribution is 7.91. The van der Waals surface area contributed by atoms with E-state index in [9.17, 15) is 13.2 Å². The van der Waals surface area contributed by atoms with Gasteiger partial charge in [0.15, 0.2) is 0 Å². The van der Waals surface area contributed by atoms with Gasteiger partial charge < -0.3 is 11.1 Å². The van der Waals surface area contributed by atoms with Crippen LogP contribution in [0, 0.1) is 5.92 Å². The Labute approximate surface area is 121 Å². The molecular formula is C14H26N2O3S. The Hall–Kier alpha value is -0.620. The maximum Gasteiger partial charge on any atom is 0.220 e. The Morgan fingerprint density at radius 2 is 1.65 bits per heavy atom. The normalized spacial score (nSPS) is 30.9.